The van der Waals surface area contributed by atoms with Crippen LogP contribution in [0.5, 0.6) is 0 Å². The first-order chi connectivity index (χ1) is 16.0. The third-order valence-electron chi connectivity index (χ3n) is 6.38. The van der Waals surface area contributed by atoms with Crippen molar-refractivity contribution in [3.05, 3.63) is 60.2 Å². The Hall–Kier alpha value is -2.13. The van der Waals surface area contributed by atoms with Crippen molar-refractivity contribution in [2.45, 2.75) is 54.1 Å². The van der Waals surface area contributed by atoms with Gasteiger partial charge < -0.3 is 9.30 Å². The molecule has 6 nitrogen and oxygen atoms in total. The van der Waals surface area contributed by atoms with E-state index in [0.29, 0.717) is 18.0 Å². The topological polar surface area (TPSA) is 64.4 Å². The molecule has 0 saturated carbocycles. The molecular weight excluding hydrogens is 454 g/mol. The number of thioether (sulfide) groups is 1. The third-order valence-corrected chi connectivity index (χ3v) is 9.32. The summed E-state index contributed by atoms with van der Waals surface area (Å²) >= 11 is 1.67. The second kappa shape index (κ2) is 9.62. The standard InChI is InChI=1S/C25H29N3O3S2/c1-2-19-7-9-20(10-8-19)18-32-25-26-23-16-22(33(29,30)27-13-3-4-14-27)11-12-24(23)28(25)17-21-6-5-15-31-21/h2,7-12,16,21H,1,3-6,13-15,17-18H2. The number of benzene rings is 2. The van der Waals surface area contributed by atoms with Crippen LogP contribution in [0.1, 0.15) is 36.8 Å². The largest absolute Gasteiger partial charge is 0.376 e. The van der Waals surface area contributed by atoms with Gasteiger partial charge in [0.2, 0.25) is 10.0 Å². The highest BCUT2D eigenvalue weighted by molar-refractivity contribution is 7.98. The molecule has 1 unspecified atom stereocenters. The molecule has 8 heteroatoms. The Morgan fingerprint density at radius 1 is 1.12 bits per heavy atom. The summed E-state index contributed by atoms with van der Waals surface area (Å²) in [4.78, 5) is 5.20. The zero-order chi connectivity index (χ0) is 22.8. The molecule has 2 aliphatic heterocycles. The van der Waals surface area contributed by atoms with Crippen LogP contribution < -0.4 is 0 Å². The lowest BCUT2D eigenvalue weighted by molar-refractivity contribution is 0.0960. The van der Waals surface area contributed by atoms with Gasteiger partial charge in [-0.3, -0.25) is 0 Å². The second-order valence-electron chi connectivity index (χ2n) is 8.64. The lowest BCUT2D eigenvalue weighted by Gasteiger charge is -2.16. The van der Waals surface area contributed by atoms with E-state index in [0.717, 1.165) is 66.3 Å². The fourth-order valence-electron chi connectivity index (χ4n) is 4.50. The molecule has 3 heterocycles. The van der Waals surface area contributed by atoms with Crippen LogP contribution in [0.3, 0.4) is 0 Å². The van der Waals surface area contributed by atoms with Crippen LogP contribution in [0, 0.1) is 0 Å². The van der Waals surface area contributed by atoms with Crippen molar-refractivity contribution in [1.82, 2.24) is 13.9 Å². The SMILES string of the molecule is C=Cc1ccc(CSc2nc3cc(S(=O)(=O)N4CCCC4)ccc3n2CC2CCCO2)cc1. The first kappa shape index (κ1) is 22.7. The Bertz CT molecular complexity index is 1240. The third kappa shape index (κ3) is 4.75. The van der Waals surface area contributed by atoms with Crippen LogP contribution in [0.2, 0.25) is 0 Å². The number of hydrogen-bond donors (Lipinski definition) is 0. The predicted molar refractivity (Wildman–Crippen MR) is 133 cm³/mol. The van der Waals surface area contributed by atoms with Crippen LogP contribution in [0.4, 0.5) is 0 Å². The average molecular weight is 484 g/mol. The van der Waals surface area contributed by atoms with Gasteiger partial charge in [0.05, 0.1) is 28.6 Å². The Morgan fingerprint density at radius 3 is 2.61 bits per heavy atom. The number of nitrogens with zero attached hydrogens (tertiary/aromatic N) is 3. The molecular formula is C25H29N3O3S2. The minimum absolute atomic E-state index is 0.168. The fraction of sp³-hybridized carbons (Fsp3) is 0.400. The van der Waals surface area contributed by atoms with E-state index in [4.69, 9.17) is 9.72 Å². The highest BCUT2D eigenvalue weighted by Gasteiger charge is 2.28. The number of imidazole rings is 1. The Kier molecular flexibility index (Phi) is 6.60. The molecule has 3 aromatic rings. The summed E-state index contributed by atoms with van der Waals surface area (Å²) in [5, 5.41) is 0.893. The summed E-state index contributed by atoms with van der Waals surface area (Å²) in [6.45, 7) is 6.53. The lowest BCUT2D eigenvalue weighted by atomic mass is 10.1. The molecule has 174 valence electrons. The van der Waals surface area contributed by atoms with E-state index in [1.807, 2.05) is 12.1 Å². The summed E-state index contributed by atoms with van der Waals surface area (Å²) < 4.78 is 35.8. The minimum atomic E-state index is -3.47. The molecule has 5 rings (SSSR count). The van der Waals surface area contributed by atoms with Crippen molar-refractivity contribution in [2.75, 3.05) is 19.7 Å². The Balaban J connectivity index is 1.46. The minimum Gasteiger partial charge on any atom is -0.376 e. The van der Waals surface area contributed by atoms with Gasteiger partial charge in [-0.05, 0) is 55.0 Å². The van der Waals surface area contributed by atoms with Gasteiger partial charge in [-0.15, -0.1) is 0 Å². The van der Waals surface area contributed by atoms with Gasteiger partial charge in [0.15, 0.2) is 5.16 Å². The van der Waals surface area contributed by atoms with Crippen LogP contribution in [0.15, 0.2) is 59.1 Å². The molecule has 33 heavy (non-hydrogen) atoms. The molecule has 0 aliphatic carbocycles. The maximum Gasteiger partial charge on any atom is 0.243 e. The fourth-order valence-corrected chi connectivity index (χ4v) is 7.02. The van der Waals surface area contributed by atoms with Crippen molar-refractivity contribution in [3.8, 4) is 0 Å². The molecule has 1 aromatic heterocycles. The smallest absolute Gasteiger partial charge is 0.243 e. The van der Waals surface area contributed by atoms with Gasteiger partial charge in [-0.2, -0.15) is 4.31 Å². The molecule has 0 spiro atoms. The van der Waals surface area contributed by atoms with E-state index in [1.54, 1.807) is 28.2 Å². The molecule has 0 N–H and O–H groups in total. The number of ether oxygens (including phenoxy) is 1. The summed E-state index contributed by atoms with van der Waals surface area (Å²) in [6.07, 6.45) is 5.97. The number of rotatable bonds is 8. The highest BCUT2D eigenvalue weighted by atomic mass is 32.2. The summed E-state index contributed by atoms with van der Waals surface area (Å²) in [7, 11) is -3.47. The number of aromatic nitrogens is 2. The summed E-state index contributed by atoms with van der Waals surface area (Å²) in [5.41, 5.74) is 3.98. The maximum atomic E-state index is 13.1. The van der Waals surface area contributed by atoms with Crippen LogP contribution in [-0.4, -0.2) is 48.1 Å². The first-order valence-corrected chi connectivity index (χ1v) is 13.9. The van der Waals surface area contributed by atoms with E-state index in [-0.39, 0.29) is 6.10 Å². The second-order valence-corrected chi connectivity index (χ2v) is 11.5. The molecule has 2 saturated heterocycles. The van der Waals surface area contributed by atoms with Gasteiger partial charge in [0.1, 0.15) is 0 Å². The zero-order valence-corrected chi connectivity index (χ0v) is 20.3. The Morgan fingerprint density at radius 2 is 1.91 bits per heavy atom. The Labute approximate surface area is 199 Å². The number of sulfonamides is 1. The van der Waals surface area contributed by atoms with E-state index in [2.05, 4.69) is 35.4 Å². The molecule has 2 aliphatic rings. The summed E-state index contributed by atoms with van der Waals surface area (Å²) in [5.74, 6) is 0.783. The number of fused-ring (bicyclic) bond motifs is 1. The van der Waals surface area contributed by atoms with E-state index in [9.17, 15) is 8.42 Å². The van der Waals surface area contributed by atoms with E-state index >= 15 is 0 Å². The molecule has 0 radical (unpaired) electrons. The first-order valence-electron chi connectivity index (χ1n) is 11.5. The van der Waals surface area contributed by atoms with Gasteiger partial charge in [0.25, 0.3) is 0 Å². The van der Waals surface area contributed by atoms with Crippen molar-refractivity contribution in [2.24, 2.45) is 0 Å². The van der Waals surface area contributed by atoms with Gasteiger partial charge in [-0.25, -0.2) is 13.4 Å². The van der Waals surface area contributed by atoms with Crippen LogP contribution in [0.25, 0.3) is 17.1 Å². The highest BCUT2D eigenvalue weighted by Crippen LogP contribution is 2.31. The quantitative estimate of drug-likeness (QED) is 0.425. The molecule has 1 atom stereocenters. The maximum absolute atomic E-state index is 13.1. The van der Waals surface area contributed by atoms with Crippen molar-refractivity contribution >= 4 is 38.9 Å². The molecule has 2 fully saturated rings. The van der Waals surface area contributed by atoms with E-state index in [1.165, 1.54) is 5.56 Å². The van der Waals surface area contributed by atoms with Crippen LogP contribution >= 0.6 is 11.8 Å². The zero-order valence-electron chi connectivity index (χ0n) is 18.7. The summed E-state index contributed by atoms with van der Waals surface area (Å²) in [6, 6.07) is 13.7. The van der Waals surface area contributed by atoms with Crippen molar-refractivity contribution in [3.63, 3.8) is 0 Å². The molecule has 0 amide bonds. The molecule has 0 bridgehead atoms. The lowest BCUT2D eigenvalue weighted by Crippen LogP contribution is -2.27. The van der Waals surface area contributed by atoms with Gasteiger partial charge in [-0.1, -0.05) is 48.7 Å². The normalized spacial score (nSPS) is 19.5. The van der Waals surface area contributed by atoms with Gasteiger partial charge >= 0.3 is 0 Å². The van der Waals surface area contributed by atoms with Crippen molar-refractivity contribution < 1.29 is 13.2 Å². The van der Waals surface area contributed by atoms with Gasteiger partial charge in [0, 0.05) is 25.4 Å². The monoisotopic (exact) mass is 483 g/mol. The number of hydrogen-bond acceptors (Lipinski definition) is 5. The van der Waals surface area contributed by atoms with E-state index < -0.39 is 10.0 Å². The van der Waals surface area contributed by atoms with Crippen LogP contribution in [-0.2, 0) is 27.1 Å². The molecule has 2 aromatic carbocycles. The predicted octanol–water partition coefficient (Wildman–Crippen LogP) is 4.94. The average Bonchev–Trinajstić information content (AvgIpc) is 3.60. The van der Waals surface area contributed by atoms with Crippen molar-refractivity contribution in [1.29, 1.82) is 0 Å².